The molecule has 0 N–H and O–H groups in total. The average molecular weight is 368 g/mol. The Morgan fingerprint density at radius 3 is 2.19 bits per heavy atom. The van der Waals surface area contributed by atoms with Crippen molar-refractivity contribution >= 4 is 6.29 Å². The highest BCUT2D eigenvalue weighted by Crippen LogP contribution is 2.25. The van der Waals surface area contributed by atoms with Crippen LogP contribution in [0.2, 0.25) is 0 Å². The predicted octanol–water partition coefficient (Wildman–Crippen LogP) is 3.29. The minimum absolute atomic E-state index is 0.330. The Labute approximate surface area is 159 Å². The van der Waals surface area contributed by atoms with E-state index in [9.17, 15) is 4.79 Å². The number of aldehydes is 1. The molecular formula is C22H24O5. The van der Waals surface area contributed by atoms with Crippen LogP contribution in [0.15, 0.2) is 72.5 Å². The lowest BCUT2D eigenvalue weighted by molar-refractivity contribution is -0.144. The molecule has 0 fully saturated rings. The summed E-state index contributed by atoms with van der Waals surface area (Å²) in [6.45, 7) is 1.21. The van der Waals surface area contributed by atoms with Crippen molar-refractivity contribution in [1.29, 1.82) is 0 Å². The molecule has 3 rings (SSSR count). The Balaban J connectivity index is 1.65. The number of rotatable bonds is 9. The summed E-state index contributed by atoms with van der Waals surface area (Å²) in [5.41, 5.74) is 2.55. The zero-order valence-electron chi connectivity index (χ0n) is 15.3. The molecule has 2 aromatic rings. The highest BCUT2D eigenvalue weighted by molar-refractivity contribution is 5.74. The molecule has 142 valence electrons. The molecule has 0 aliphatic carbocycles. The van der Waals surface area contributed by atoms with Crippen molar-refractivity contribution in [2.45, 2.75) is 31.5 Å². The Morgan fingerprint density at radius 1 is 0.963 bits per heavy atom. The SMILES string of the molecule is CO[C@H]1C(C=O)=CO[C@H](COCc2ccccc2)[C@H]1OCc1ccccc1. The summed E-state index contributed by atoms with van der Waals surface area (Å²) in [6.07, 6.45) is 0.876. The monoisotopic (exact) mass is 368 g/mol. The quantitative estimate of drug-likeness (QED) is 0.636. The van der Waals surface area contributed by atoms with E-state index in [1.807, 2.05) is 60.7 Å². The molecule has 3 atom stereocenters. The van der Waals surface area contributed by atoms with Gasteiger partial charge in [-0.25, -0.2) is 0 Å². The van der Waals surface area contributed by atoms with E-state index >= 15 is 0 Å². The van der Waals surface area contributed by atoms with E-state index < -0.39 is 12.2 Å². The van der Waals surface area contributed by atoms with Crippen molar-refractivity contribution in [2.75, 3.05) is 13.7 Å². The molecular weight excluding hydrogens is 344 g/mol. The molecule has 5 heteroatoms. The van der Waals surface area contributed by atoms with Gasteiger partial charge in [-0.15, -0.1) is 0 Å². The van der Waals surface area contributed by atoms with Crippen LogP contribution in [0.3, 0.4) is 0 Å². The van der Waals surface area contributed by atoms with Crippen LogP contribution in [-0.4, -0.2) is 38.3 Å². The molecule has 1 aliphatic heterocycles. The first-order valence-electron chi connectivity index (χ1n) is 8.92. The average Bonchev–Trinajstić information content (AvgIpc) is 2.73. The van der Waals surface area contributed by atoms with Crippen LogP contribution in [0.5, 0.6) is 0 Å². The lowest BCUT2D eigenvalue weighted by atomic mass is 9.99. The molecule has 5 nitrogen and oxygen atoms in total. The second kappa shape index (κ2) is 10.0. The van der Waals surface area contributed by atoms with E-state index in [0.717, 1.165) is 17.4 Å². The molecule has 0 unspecified atom stereocenters. The highest BCUT2D eigenvalue weighted by atomic mass is 16.6. The van der Waals surface area contributed by atoms with Gasteiger partial charge in [0, 0.05) is 7.11 Å². The maximum absolute atomic E-state index is 11.3. The molecule has 0 spiro atoms. The van der Waals surface area contributed by atoms with Crippen molar-refractivity contribution in [2.24, 2.45) is 0 Å². The maximum Gasteiger partial charge on any atom is 0.151 e. The number of carbonyl (C=O) groups is 1. The van der Waals surface area contributed by atoms with Crippen molar-refractivity contribution in [1.82, 2.24) is 0 Å². The number of ether oxygens (including phenoxy) is 4. The van der Waals surface area contributed by atoms with Crippen molar-refractivity contribution in [3.63, 3.8) is 0 Å². The van der Waals surface area contributed by atoms with Gasteiger partial charge < -0.3 is 18.9 Å². The summed E-state index contributed by atoms with van der Waals surface area (Å²) in [4.78, 5) is 11.3. The lowest BCUT2D eigenvalue weighted by Gasteiger charge is -2.35. The Hall–Kier alpha value is -2.47. The van der Waals surface area contributed by atoms with Crippen molar-refractivity contribution < 1.29 is 23.7 Å². The molecule has 1 heterocycles. The van der Waals surface area contributed by atoms with Crippen LogP contribution >= 0.6 is 0 Å². The Morgan fingerprint density at radius 2 is 1.59 bits per heavy atom. The van der Waals surface area contributed by atoms with Gasteiger partial charge in [-0.1, -0.05) is 60.7 Å². The van der Waals surface area contributed by atoms with Gasteiger partial charge in [0.1, 0.15) is 18.3 Å². The van der Waals surface area contributed by atoms with Crippen LogP contribution in [0, 0.1) is 0 Å². The van der Waals surface area contributed by atoms with Crippen molar-refractivity contribution in [3.8, 4) is 0 Å². The molecule has 0 bridgehead atoms. The minimum atomic E-state index is -0.495. The standard InChI is InChI=1S/C22H24O5/c1-24-21-19(12-23)15-26-20(16-25-13-17-8-4-2-5-9-17)22(21)27-14-18-10-6-3-7-11-18/h2-12,15,20-22H,13-14,16H2,1H3/t20-,21+,22-/m1/s1. The van der Waals surface area contributed by atoms with Gasteiger partial charge in [0.2, 0.25) is 0 Å². The van der Waals surface area contributed by atoms with Gasteiger partial charge in [0.15, 0.2) is 6.29 Å². The van der Waals surface area contributed by atoms with E-state index in [-0.39, 0.29) is 6.10 Å². The second-order valence-corrected chi connectivity index (χ2v) is 6.33. The summed E-state index contributed by atoms with van der Waals surface area (Å²) in [5.74, 6) is 0. The van der Waals surface area contributed by atoms with Crippen LogP contribution in [0.4, 0.5) is 0 Å². The van der Waals surface area contributed by atoms with E-state index in [2.05, 4.69) is 0 Å². The Bertz CT molecular complexity index is 729. The van der Waals surface area contributed by atoms with Gasteiger partial charge in [-0.2, -0.15) is 0 Å². The summed E-state index contributed by atoms with van der Waals surface area (Å²) in [5, 5.41) is 0. The third kappa shape index (κ3) is 5.26. The van der Waals surface area contributed by atoms with E-state index in [4.69, 9.17) is 18.9 Å². The Kier molecular flexibility index (Phi) is 7.16. The summed E-state index contributed by atoms with van der Waals surface area (Å²) >= 11 is 0. The number of hydrogen-bond acceptors (Lipinski definition) is 5. The fourth-order valence-electron chi connectivity index (χ4n) is 3.02. The maximum atomic E-state index is 11.3. The van der Waals surface area contributed by atoms with Gasteiger partial charge in [-0.05, 0) is 11.1 Å². The first-order valence-corrected chi connectivity index (χ1v) is 8.92. The fraction of sp³-hybridized carbons (Fsp3) is 0.318. The second-order valence-electron chi connectivity index (χ2n) is 6.33. The van der Waals surface area contributed by atoms with Crippen LogP contribution in [0.1, 0.15) is 11.1 Å². The minimum Gasteiger partial charge on any atom is -0.492 e. The number of hydrogen-bond donors (Lipinski definition) is 0. The largest absolute Gasteiger partial charge is 0.492 e. The fourth-order valence-corrected chi connectivity index (χ4v) is 3.02. The van der Waals surface area contributed by atoms with E-state index in [0.29, 0.717) is 25.4 Å². The third-order valence-electron chi connectivity index (χ3n) is 4.44. The normalized spacial score (nSPS) is 22.0. The van der Waals surface area contributed by atoms with E-state index in [1.165, 1.54) is 6.26 Å². The lowest BCUT2D eigenvalue weighted by Crippen LogP contribution is -2.48. The van der Waals surface area contributed by atoms with Crippen molar-refractivity contribution in [3.05, 3.63) is 83.6 Å². The van der Waals surface area contributed by atoms with Crippen LogP contribution in [-0.2, 0) is 37.0 Å². The number of benzene rings is 2. The number of methoxy groups -OCH3 is 1. The van der Waals surface area contributed by atoms with Crippen LogP contribution in [0.25, 0.3) is 0 Å². The van der Waals surface area contributed by atoms with Gasteiger partial charge in [0.25, 0.3) is 0 Å². The molecule has 0 saturated carbocycles. The molecule has 0 aromatic heterocycles. The van der Waals surface area contributed by atoms with Gasteiger partial charge >= 0.3 is 0 Å². The zero-order valence-corrected chi connectivity index (χ0v) is 15.3. The highest BCUT2D eigenvalue weighted by Gasteiger charge is 2.38. The smallest absolute Gasteiger partial charge is 0.151 e. The summed E-state index contributed by atoms with van der Waals surface area (Å²) in [7, 11) is 1.56. The number of carbonyl (C=O) groups excluding carboxylic acids is 1. The van der Waals surface area contributed by atoms with Gasteiger partial charge in [-0.3, -0.25) is 4.79 Å². The van der Waals surface area contributed by atoms with Crippen LogP contribution < -0.4 is 0 Å². The predicted molar refractivity (Wildman–Crippen MR) is 101 cm³/mol. The zero-order chi connectivity index (χ0) is 18.9. The molecule has 0 saturated heterocycles. The van der Waals surface area contributed by atoms with Gasteiger partial charge in [0.05, 0.1) is 31.7 Å². The molecule has 27 heavy (non-hydrogen) atoms. The topological polar surface area (TPSA) is 54.0 Å². The summed E-state index contributed by atoms with van der Waals surface area (Å²) in [6, 6.07) is 19.8. The summed E-state index contributed by atoms with van der Waals surface area (Å²) < 4.78 is 23.2. The van der Waals surface area contributed by atoms with E-state index in [1.54, 1.807) is 7.11 Å². The molecule has 0 amide bonds. The molecule has 0 radical (unpaired) electrons. The third-order valence-corrected chi connectivity index (χ3v) is 4.44. The first kappa shape index (κ1) is 19.3. The molecule has 1 aliphatic rings. The first-order chi connectivity index (χ1) is 13.3. The molecule has 2 aromatic carbocycles.